The molecule has 0 saturated carbocycles. The number of carbonyl (C=O) groups excluding carboxylic acids is 2. The zero-order chi connectivity index (χ0) is 18.7. The molecule has 26 heavy (non-hydrogen) atoms. The van der Waals surface area contributed by atoms with E-state index < -0.39 is 0 Å². The summed E-state index contributed by atoms with van der Waals surface area (Å²) in [7, 11) is 0. The summed E-state index contributed by atoms with van der Waals surface area (Å²) in [6.07, 6.45) is 0.176. The highest BCUT2D eigenvalue weighted by Crippen LogP contribution is 2.25. The van der Waals surface area contributed by atoms with E-state index >= 15 is 0 Å². The number of halogens is 1. The van der Waals surface area contributed by atoms with Crippen LogP contribution in [0.1, 0.15) is 37.3 Å². The maximum Gasteiger partial charge on any atom is 0.227 e. The highest BCUT2D eigenvalue weighted by atomic mass is 19.1. The maximum absolute atomic E-state index is 13.0. The first-order valence-corrected chi connectivity index (χ1v) is 8.86. The fourth-order valence-electron chi connectivity index (χ4n) is 3.11. The summed E-state index contributed by atoms with van der Waals surface area (Å²) in [6, 6.07) is 13.9. The van der Waals surface area contributed by atoms with Crippen LogP contribution in [-0.2, 0) is 16.1 Å². The second-order valence-electron chi connectivity index (χ2n) is 7.00. The van der Waals surface area contributed by atoms with Crippen molar-refractivity contribution in [3.63, 3.8) is 0 Å². The molecule has 5 heteroatoms. The van der Waals surface area contributed by atoms with Crippen molar-refractivity contribution in [3.05, 3.63) is 65.5 Å². The van der Waals surface area contributed by atoms with E-state index in [4.69, 9.17) is 0 Å². The molecule has 136 valence electrons. The van der Waals surface area contributed by atoms with Gasteiger partial charge in [-0.1, -0.05) is 38.1 Å². The summed E-state index contributed by atoms with van der Waals surface area (Å²) >= 11 is 0. The number of anilines is 1. The highest BCUT2D eigenvalue weighted by molar-refractivity contribution is 6.00. The third-order valence-electron chi connectivity index (χ3n) is 4.75. The molecule has 0 unspecified atom stereocenters. The quantitative estimate of drug-likeness (QED) is 0.892. The van der Waals surface area contributed by atoms with Crippen molar-refractivity contribution < 1.29 is 14.0 Å². The summed E-state index contributed by atoms with van der Waals surface area (Å²) in [5.41, 5.74) is 2.91. The molecule has 1 heterocycles. The predicted octanol–water partition coefficient (Wildman–Crippen LogP) is 3.62. The molecular weight excluding hydrogens is 331 g/mol. The predicted molar refractivity (Wildman–Crippen MR) is 99.2 cm³/mol. The van der Waals surface area contributed by atoms with Crippen LogP contribution in [0.2, 0.25) is 0 Å². The Hall–Kier alpha value is -2.69. The van der Waals surface area contributed by atoms with Crippen molar-refractivity contribution in [2.24, 2.45) is 5.92 Å². The summed E-state index contributed by atoms with van der Waals surface area (Å²) < 4.78 is 13.0. The standard InChI is InChI=1S/C21H23FN2O2/c1-14(2)16-5-3-15(4-6-16)12-23-21(26)17-11-20(25)24(13-17)19-9-7-18(22)8-10-19/h3-10,14,17H,11-13H2,1-2H3,(H,23,26)/t17-/m1/s1. The van der Waals surface area contributed by atoms with E-state index in [1.807, 2.05) is 12.1 Å². The Morgan fingerprint density at radius 2 is 1.81 bits per heavy atom. The molecule has 0 aliphatic carbocycles. The Morgan fingerprint density at radius 3 is 2.42 bits per heavy atom. The summed E-state index contributed by atoms with van der Waals surface area (Å²) in [5, 5.41) is 2.91. The molecule has 0 aromatic heterocycles. The molecule has 1 saturated heterocycles. The van der Waals surface area contributed by atoms with Gasteiger partial charge in [-0.3, -0.25) is 9.59 Å². The third-order valence-corrected chi connectivity index (χ3v) is 4.75. The lowest BCUT2D eigenvalue weighted by atomic mass is 10.0. The Bertz CT molecular complexity index is 785. The van der Waals surface area contributed by atoms with Crippen molar-refractivity contribution in [1.82, 2.24) is 5.32 Å². The Morgan fingerprint density at radius 1 is 1.15 bits per heavy atom. The number of amides is 2. The minimum Gasteiger partial charge on any atom is -0.352 e. The van der Waals surface area contributed by atoms with Gasteiger partial charge in [-0.2, -0.15) is 0 Å². The van der Waals surface area contributed by atoms with Crippen LogP contribution in [0.4, 0.5) is 10.1 Å². The molecule has 1 N–H and O–H groups in total. The molecule has 1 atom stereocenters. The molecule has 1 aliphatic heterocycles. The number of rotatable bonds is 5. The fourth-order valence-corrected chi connectivity index (χ4v) is 3.11. The van der Waals surface area contributed by atoms with Crippen LogP contribution < -0.4 is 10.2 Å². The Balaban J connectivity index is 1.57. The number of nitrogens with zero attached hydrogens (tertiary/aromatic N) is 1. The summed E-state index contributed by atoms with van der Waals surface area (Å²) in [4.78, 5) is 26.2. The monoisotopic (exact) mass is 354 g/mol. The van der Waals surface area contributed by atoms with Crippen molar-refractivity contribution >= 4 is 17.5 Å². The Kier molecular flexibility index (Phi) is 5.35. The third kappa shape index (κ3) is 4.10. The van der Waals surface area contributed by atoms with Gasteiger partial charge >= 0.3 is 0 Å². The molecule has 0 radical (unpaired) electrons. The van der Waals surface area contributed by atoms with E-state index in [1.54, 1.807) is 17.0 Å². The van der Waals surface area contributed by atoms with E-state index in [2.05, 4.69) is 31.3 Å². The molecule has 1 fully saturated rings. The molecule has 4 nitrogen and oxygen atoms in total. The van der Waals surface area contributed by atoms with Crippen LogP contribution in [0, 0.1) is 11.7 Å². The molecule has 2 aromatic carbocycles. The van der Waals surface area contributed by atoms with Crippen LogP contribution in [0.15, 0.2) is 48.5 Å². The molecule has 0 spiro atoms. The van der Waals surface area contributed by atoms with Crippen molar-refractivity contribution in [2.45, 2.75) is 32.7 Å². The van der Waals surface area contributed by atoms with Crippen molar-refractivity contribution in [2.75, 3.05) is 11.4 Å². The smallest absolute Gasteiger partial charge is 0.227 e. The van der Waals surface area contributed by atoms with E-state index in [0.29, 0.717) is 24.7 Å². The average molecular weight is 354 g/mol. The van der Waals surface area contributed by atoms with Gasteiger partial charge in [-0.25, -0.2) is 4.39 Å². The first kappa shape index (κ1) is 18.1. The van der Waals surface area contributed by atoms with Crippen molar-refractivity contribution in [1.29, 1.82) is 0 Å². The average Bonchev–Trinajstić information content (AvgIpc) is 3.02. The first-order valence-electron chi connectivity index (χ1n) is 8.86. The fraction of sp³-hybridized carbons (Fsp3) is 0.333. The number of nitrogens with one attached hydrogen (secondary N) is 1. The molecule has 2 amide bonds. The van der Waals surface area contributed by atoms with Gasteiger partial charge in [0.1, 0.15) is 5.82 Å². The molecule has 2 aromatic rings. The lowest BCUT2D eigenvalue weighted by molar-refractivity contribution is -0.126. The van der Waals surface area contributed by atoms with Gasteiger partial charge < -0.3 is 10.2 Å². The maximum atomic E-state index is 13.0. The lowest BCUT2D eigenvalue weighted by Crippen LogP contribution is -2.32. The minimum atomic E-state index is -0.387. The SMILES string of the molecule is CC(C)c1ccc(CNC(=O)[C@@H]2CC(=O)N(c3ccc(F)cc3)C2)cc1. The summed E-state index contributed by atoms with van der Waals surface area (Å²) in [6.45, 7) is 5.04. The topological polar surface area (TPSA) is 49.4 Å². The Labute approximate surface area is 153 Å². The number of hydrogen-bond acceptors (Lipinski definition) is 2. The van der Waals surface area contributed by atoms with Gasteiger partial charge in [0.25, 0.3) is 0 Å². The van der Waals surface area contributed by atoms with Crippen molar-refractivity contribution in [3.8, 4) is 0 Å². The minimum absolute atomic E-state index is 0.113. The zero-order valence-electron chi connectivity index (χ0n) is 15.0. The normalized spacial score (nSPS) is 17.0. The number of carbonyl (C=O) groups is 2. The van der Waals surface area contributed by atoms with Crippen LogP contribution in [0.25, 0.3) is 0 Å². The van der Waals surface area contributed by atoms with Gasteiger partial charge in [0.15, 0.2) is 0 Å². The molecular formula is C21H23FN2O2. The van der Waals surface area contributed by atoms with Gasteiger partial charge in [-0.05, 0) is 41.3 Å². The van der Waals surface area contributed by atoms with Crippen LogP contribution in [0.3, 0.4) is 0 Å². The van der Waals surface area contributed by atoms with E-state index in [9.17, 15) is 14.0 Å². The second kappa shape index (κ2) is 7.68. The van der Waals surface area contributed by atoms with Gasteiger partial charge in [-0.15, -0.1) is 0 Å². The van der Waals surface area contributed by atoms with E-state index in [0.717, 1.165) is 5.56 Å². The van der Waals surface area contributed by atoms with Gasteiger partial charge in [0.05, 0.1) is 5.92 Å². The molecule has 3 rings (SSSR count). The first-order chi connectivity index (χ1) is 12.4. The lowest BCUT2D eigenvalue weighted by Gasteiger charge is -2.16. The zero-order valence-corrected chi connectivity index (χ0v) is 15.0. The van der Waals surface area contributed by atoms with E-state index in [1.165, 1.54) is 17.7 Å². The molecule has 0 bridgehead atoms. The highest BCUT2D eigenvalue weighted by Gasteiger charge is 2.34. The largest absolute Gasteiger partial charge is 0.352 e. The number of benzene rings is 2. The van der Waals surface area contributed by atoms with Crippen LogP contribution in [-0.4, -0.2) is 18.4 Å². The van der Waals surface area contributed by atoms with Gasteiger partial charge in [0.2, 0.25) is 11.8 Å². The van der Waals surface area contributed by atoms with Crippen LogP contribution in [0.5, 0.6) is 0 Å². The summed E-state index contributed by atoms with van der Waals surface area (Å²) in [5.74, 6) is -0.504. The number of hydrogen-bond donors (Lipinski definition) is 1. The van der Waals surface area contributed by atoms with E-state index in [-0.39, 0.29) is 30.0 Å². The van der Waals surface area contributed by atoms with Crippen LogP contribution >= 0.6 is 0 Å². The van der Waals surface area contributed by atoms with Gasteiger partial charge in [0, 0.05) is 25.2 Å². The second-order valence-corrected chi connectivity index (χ2v) is 7.00. The molecule has 1 aliphatic rings.